The molecule has 0 fully saturated rings. The molecule has 3 aromatic rings. The standard InChI is InChI=1S/C20H23N3O2/c1-14-6-7-19(25-14)20-16(12-21-22-20)13-23-10-8-15-4-3-5-18(24-2)17(15)9-11-23/h3-7,12H,8-11,13H2,1-2H3,(H,21,22). The molecule has 0 saturated carbocycles. The first kappa shape index (κ1) is 16.0. The Labute approximate surface area is 147 Å². The number of H-pyrrole nitrogens is 1. The van der Waals surface area contributed by atoms with Crippen LogP contribution in [-0.2, 0) is 19.4 Å². The summed E-state index contributed by atoms with van der Waals surface area (Å²) in [7, 11) is 1.75. The van der Waals surface area contributed by atoms with Gasteiger partial charge in [0.2, 0.25) is 0 Å². The van der Waals surface area contributed by atoms with Crippen LogP contribution in [0, 0.1) is 6.92 Å². The number of ether oxygens (including phenoxy) is 1. The lowest BCUT2D eigenvalue weighted by Crippen LogP contribution is -2.26. The summed E-state index contributed by atoms with van der Waals surface area (Å²) in [5.41, 5.74) is 4.90. The summed E-state index contributed by atoms with van der Waals surface area (Å²) in [4.78, 5) is 2.48. The number of rotatable bonds is 4. The SMILES string of the molecule is COc1cccc2c1CCN(Cc1cn[nH]c1-c1ccc(C)o1)CC2. The van der Waals surface area contributed by atoms with Gasteiger partial charge >= 0.3 is 0 Å². The summed E-state index contributed by atoms with van der Waals surface area (Å²) < 4.78 is 11.3. The minimum Gasteiger partial charge on any atom is -0.496 e. The fraction of sp³-hybridized carbons (Fsp3) is 0.350. The molecule has 0 spiro atoms. The highest BCUT2D eigenvalue weighted by molar-refractivity contribution is 5.56. The molecule has 130 valence electrons. The van der Waals surface area contributed by atoms with E-state index in [1.807, 2.05) is 25.3 Å². The average Bonchev–Trinajstić information content (AvgIpc) is 3.20. The number of nitrogens with one attached hydrogen (secondary N) is 1. The van der Waals surface area contributed by atoms with Crippen LogP contribution >= 0.6 is 0 Å². The number of methoxy groups -OCH3 is 1. The molecular weight excluding hydrogens is 314 g/mol. The molecule has 1 aliphatic rings. The normalized spacial score (nSPS) is 15.0. The van der Waals surface area contributed by atoms with E-state index >= 15 is 0 Å². The number of aromatic amines is 1. The number of hydrogen-bond donors (Lipinski definition) is 1. The first-order valence-electron chi connectivity index (χ1n) is 8.71. The summed E-state index contributed by atoms with van der Waals surface area (Å²) in [5.74, 6) is 2.77. The number of benzene rings is 1. The fourth-order valence-electron chi connectivity index (χ4n) is 3.59. The van der Waals surface area contributed by atoms with Crippen LogP contribution in [0.1, 0.15) is 22.5 Å². The zero-order chi connectivity index (χ0) is 17.2. The van der Waals surface area contributed by atoms with Crippen LogP contribution in [0.25, 0.3) is 11.5 Å². The van der Waals surface area contributed by atoms with Gasteiger partial charge in [0, 0.05) is 25.2 Å². The van der Waals surface area contributed by atoms with Crippen molar-refractivity contribution < 1.29 is 9.15 Å². The van der Waals surface area contributed by atoms with Crippen molar-refractivity contribution in [2.24, 2.45) is 0 Å². The van der Waals surface area contributed by atoms with E-state index in [4.69, 9.17) is 9.15 Å². The topological polar surface area (TPSA) is 54.3 Å². The average molecular weight is 337 g/mol. The van der Waals surface area contributed by atoms with Crippen molar-refractivity contribution in [1.82, 2.24) is 15.1 Å². The highest BCUT2D eigenvalue weighted by Gasteiger charge is 2.19. The quantitative estimate of drug-likeness (QED) is 0.790. The molecular formula is C20H23N3O2. The van der Waals surface area contributed by atoms with Crippen molar-refractivity contribution in [3.63, 3.8) is 0 Å². The molecule has 3 heterocycles. The van der Waals surface area contributed by atoms with Crippen molar-refractivity contribution in [2.75, 3.05) is 20.2 Å². The van der Waals surface area contributed by atoms with Crippen LogP contribution in [0.2, 0.25) is 0 Å². The van der Waals surface area contributed by atoms with Crippen molar-refractivity contribution >= 4 is 0 Å². The zero-order valence-electron chi connectivity index (χ0n) is 14.7. The van der Waals surface area contributed by atoms with Gasteiger partial charge in [-0.3, -0.25) is 10.00 Å². The molecule has 0 amide bonds. The molecule has 0 radical (unpaired) electrons. The molecule has 1 N–H and O–H groups in total. The van der Waals surface area contributed by atoms with Gasteiger partial charge in [-0.25, -0.2) is 0 Å². The van der Waals surface area contributed by atoms with E-state index in [9.17, 15) is 0 Å². The van der Waals surface area contributed by atoms with Crippen LogP contribution < -0.4 is 4.74 Å². The van der Waals surface area contributed by atoms with Crippen LogP contribution in [0.5, 0.6) is 5.75 Å². The lowest BCUT2D eigenvalue weighted by Gasteiger charge is -2.19. The molecule has 2 aromatic heterocycles. The summed E-state index contributed by atoms with van der Waals surface area (Å²) in [6.45, 7) is 4.86. The highest BCUT2D eigenvalue weighted by Crippen LogP contribution is 2.28. The zero-order valence-corrected chi connectivity index (χ0v) is 14.7. The number of fused-ring (bicyclic) bond motifs is 1. The van der Waals surface area contributed by atoms with E-state index in [-0.39, 0.29) is 0 Å². The molecule has 1 aromatic carbocycles. The molecule has 0 bridgehead atoms. The smallest absolute Gasteiger partial charge is 0.152 e. The Balaban J connectivity index is 1.51. The second-order valence-corrected chi connectivity index (χ2v) is 6.55. The third kappa shape index (κ3) is 3.20. The van der Waals surface area contributed by atoms with Gasteiger partial charge in [0.1, 0.15) is 17.2 Å². The van der Waals surface area contributed by atoms with E-state index in [1.54, 1.807) is 7.11 Å². The van der Waals surface area contributed by atoms with Gasteiger partial charge in [-0.05, 0) is 49.1 Å². The van der Waals surface area contributed by atoms with Crippen molar-refractivity contribution in [3.05, 3.63) is 59.0 Å². The summed E-state index contributed by atoms with van der Waals surface area (Å²) >= 11 is 0. The number of furan rings is 1. The lowest BCUT2D eigenvalue weighted by atomic mass is 10.0. The Hall–Kier alpha value is -2.53. The molecule has 0 aliphatic carbocycles. The largest absolute Gasteiger partial charge is 0.496 e. The van der Waals surface area contributed by atoms with E-state index in [2.05, 4.69) is 33.3 Å². The van der Waals surface area contributed by atoms with Crippen LogP contribution in [0.15, 0.2) is 40.9 Å². The summed E-state index contributed by atoms with van der Waals surface area (Å²) in [6, 6.07) is 10.3. The second-order valence-electron chi connectivity index (χ2n) is 6.55. The van der Waals surface area contributed by atoms with Gasteiger partial charge in [-0.15, -0.1) is 0 Å². The molecule has 1 aliphatic heterocycles. The van der Waals surface area contributed by atoms with E-state index < -0.39 is 0 Å². The minimum absolute atomic E-state index is 0.852. The molecule has 5 nitrogen and oxygen atoms in total. The van der Waals surface area contributed by atoms with E-state index in [0.717, 1.165) is 55.4 Å². The van der Waals surface area contributed by atoms with Crippen molar-refractivity contribution in [3.8, 4) is 17.2 Å². The predicted molar refractivity (Wildman–Crippen MR) is 96.7 cm³/mol. The third-order valence-corrected chi connectivity index (χ3v) is 4.92. The van der Waals surface area contributed by atoms with Crippen molar-refractivity contribution in [1.29, 1.82) is 0 Å². The maximum Gasteiger partial charge on any atom is 0.152 e. The molecule has 0 atom stereocenters. The fourth-order valence-corrected chi connectivity index (χ4v) is 3.59. The third-order valence-electron chi connectivity index (χ3n) is 4.92. The number of hydrogen-bond acceptors (Lipinski definition) is 4. The first-order chi connectivity index (χ1) is 12.2. The Morgan fingerprint density at radius 2 is 2.08 bits per heavy atom. The van der Waals surface area contributed by atoms with Crippen LogP contribution in [-0.4, -0.2) is 35.3 Å². The van der Waals surface area contributed by atoms with Gasteiger partial charge in [0.05, 0.1) is 13.3 Å². The Morgan fingerprint density at radius 1 is 1.20 bits per heavy atom. The molecule has 5 heteroatoms. The summed E-state index contributed by atoms with van der Waals surface area (Å²) in [6.07, 6.45) is 3.96. The van der Waals surface area contributed by atoms with Crippen LogP contribution in [0.4, 0.5) is 0 Å². The Bertz CT molecular complexity index is 865. The van der Waals surface area contributed by atoms with Crippen molar-refractivity contribution in [2.45, 2.75) is 26.3 Å². The lowest BCUT2D eigenvalue weighted by molar-refractivity contribution is 0.279. The summed E-state index contributed by atoms with van der Waals surface area (Å²) in [5, 5.41) is 7.32. The Morgan fingerprint density at radius 3 is 2.88 bits per heavy atom. The van der Waals surface area contributed by atoms with Gasteiger partial charge in [-0.2, -0.15) is 5.10 Å². The number of aromatic nitrogens is 2. The maximum absolute atomic E-state index is 5.76. The second kappa shape index (κ2) is 6.76. The molecule has 4 rings (SSSR count). The van der Waals surface area contributed by atoms with Gasteiger partial charge in [-0.1, -0.05) is 12.1 Å². The number of nitrogens with zero attached hydrogens (tertiary/aromatic N) is 2. The number of aryl methyl sites for hydroxylation is 1. The highest BCUT2D eigenvalue weighted by atomic mass is 16.5. The van der Waals surface area contributed by atoms with E-state index in [1.165, 1.54) is 16.7 Å². The maximum atomic E-state index is 5.76. The van der Waals surface area contributed by atoms with Gasteiger partial charge < -0.3 is 9.15 Å². The minimum atomic E-state index is 0.852. The van der Waals surface area contributed by atoms with Gasteiger partial charge in [0.15, 0.2) is 5.76 Å². The molecule has 25 heavy (non-hydrogen) atoms. The Kier molecular flexibility index (Phi) is 4.32. The predicted octanol–water partition coefficient (Wildman–Crippen LogP) is 3.59. The van der Waals surface area contributed by atoms with Gasteiger partial charge in [0.25, 0.3) is 0 Å². The molecule has 0 saturated heterocycles. The monoisotopic (exact) mass is 337 g/mol. The van der Waals surface area contributed by atoms with Crippen LogP contribution in [0.3, 0.4) is 0 Å². The van der Waals surface area contributed by atoms with E-state index in [0.29, 0.717) is 0 Å². The molecule has 0 unspecified atom stereocenters. The first-order valence-corrected chi connectivity index (χ1v) is 8.71.